The maximum atomic E-state index is 11.8. The standard InChI is InChI=1S/C13H16N6O2/c1-8(2)21-13-10(14)11(16-7-17-13)18-19-12(20)9-5-3-4-6-15-9/h3-8H,14H2,1-2H3,(H,19,20)(H,16,17,18). The molecule has 2 aromatic heterocycles. The van der Waals surface area contributed by atoms with Gasteiger partial charge in [-0.25, -0.2) is 4.98 Å². The number of hydrogen-bond acceptors (Lipinski definition) is 7. The fourth-order valence-corrected chi connectivity index (χ4v) is 1.47. The predicted octanol–water partition coefficient (Wildman–Crippen LogP) is 0.998. The molecule has 0 saturated carbocycles. The molecular weight excluding hydrogens is 272 g/mol. The number of ether oxygens (including phenoxy) is 1. The molecule has 21 heavy (non-hydrogen) atoms. The summed E-state index contributed by atoms with van der Waals surface area (Å²) in [5, 5.41) is 0. The van der Waals surface area contributed by atoms with Crippen molar-refractivity contribution >= 4 is 17.4 Å². The van der Waals surface area contributed by atoms with Crippen LogP contribution < -0.4 is 21.3 Å². The number of nitrogen functional groups attached to an aromatic ring is 1. The quantitative estimate of drug-likeness (QED) is 0.703. The van der Waals surface area contributed by atoms with E-state index in [1.807, 2.05) is 13.8 Å². The summed E-state index contributed by atoms with van der Waals surface area (Å²) in [4.78, 5) is 23.7. The molecule has 0 bridgehead atoms. The molecule has 110 valence electrons. The maximum Gasteiger partial charge on any atom is 0.288 e. The number of nitrogens with two attached hydrogens (primary N) is 1. The minimum Gasteiger partial charge on any atom is -0.473 e. The molecular formula is C13H16N6O2. The summed E-state index contributed by atoms with van der Waals surface area (Å²) < 4.78 is 5.44. The fraction of sp³-hybridized carbons (Fsp3) is 0.231. The molecule has 0 aliphatic carbocycles. The zero-order valence-electron chi connectivity index (χ0n) is 11.7. The molecule has 2 aromatic rings. The molecule has 0 aliphatic rings. The molecule has 0 aromatic carbocycles. The van der Waals surface area contributed by atoms with Crippen LogP contribution in [0.25, 0.3) is 0 Å². The summed E-state index contributed by atoms with van der Waals surface area (Å²) in [5.41, 5.74) is 11.5. The van der Waals surface area contributed by atoms with Gasteiger partial charge in [0.25, 0.3) is 5.91 Å². The zero-order valence-corrected chi connectivity index (χ0v) is 11.7. The van der Waals surface area contributed by atoms with Gasteiger partial charge in [-0.2, -0.15) is 4.98 Å². The number of nitrogens with one attached hydrogen (secondary N) is 2. The number of carbonyl (C=O) groups is 1. The van der Waals surface area contributed by atoms with Gasteiger partial charge in [0.1, 0.15) is 17.7 Å². The van der Waals surface area contributed by atoms with Crippen molar-refractivity contribution in [1.29, 1.82) is 0 Å². The van der Waals surface area contributed by atoms with E-state index in [1.165, 1.54) is 12.5 Å². The van der Waals surface area contributed by atoms with Crippen LogP contribution in [0.2, 0.25) is 0 Å². The molecule has 0 unspecified atom stereocenters. The fourth-order valence-electron chi connectivity index (χ4n) is 1.47. The van der Waals surface area contributed by atoms with E-state index in [-0.39, 0.29) is 29.2 Å². The lowest BCUT2D eigenvalue weighted by Crippen LogP contribution is -2.31. The third-order valence-electron chi connectivity index (χ3n) is 2.39. The van der Waals surface area contributed by atoms with Crippen LogP contribution in [0.1, 0.15) is 24.3 Å². The van der Waals surface area contributed by atoms with Gasteiger partial charge in [0.15, 0.2) is 5.82 Å². The number of nitrogens with zero attached hydrogens (tertiary/aromatic N) is 3. The first-order chi connectivity index (χ1) is 10.1. The Labute approximate surface area is 121 Å². The third kappa shape index (κ3) is 3.78. The van der Waals surface area contributed by atoms with Crippen LogP contribution in [0.3, 0.4) is 0 Å². The first kappa shape index (κ1) is 14.5. The van der Waals surface area contributed by atoms with Crippen molar-refractivity contribution in [2.45, 2.75) is 20.0 Å². The molecule has 4 N–H and O–H groups in total. The van der Waals surface area contributed by atoms with Gasteiger partial charge in [0.2, 0.25) is 5.88 Å². The molecule has 0 fully saturated rings. The van der Waals surface area contributed by atoms with Crippen molar-refractivity contribution in [2.24, 2.45) is 0 Å². The van der Waals surface area contributed by atoms with Gasteiger partial charge in [0.05, 0.1) is 6.10 Å². The average molecular weight is 288 g/mol. The van der Waals surface area contributed by atoms with Crippen molar-refractivity contribution in [3.8, 4) is 5.88 Å². The lowest BCUT2D eigenvalue weighted by atomic mass is 10.3. The van der Waals surface area contributed by atoms with Gasteiger partial charge in [0, 0.05) is 6.20 Å². The van der Waals surface area contributed by atoms with Crippen molar-refractivity contribution in [2.75, 3.05) is 11.2 Å². The number of hydrogen-bond donors (Lipinski definition) is 3. The number of pyridine rings is 1. The highest BCUT2D eigenvalue weighted by atomic mass is 16.5. The molecule has 8 heteroatoms. The Hall–Kier alpha value is -2.90. The summed E-state index contributed by atoms with van der Waals surface area (Å²) in [6.45, 7) is 3.72. The first-order valence-electron chi connectivity index (χ1n) is 6.32. The molecule has 0 spiro atoms. The van der Waals surface area contributed by atoms with E-state index in [2.05, 4.69) is 25.8 Å². The second kappa shape index (κ2) is 6.51. The smallest absolute Gasteiger partial charge is 0.288 e. The van der Waals surface area contributed by atoms with Crippen LogP contribution in [0.4, 0.5) is 11.5 Å². The third-order valence-corrected chi connectivity index (χ3v) is 2.39. The van der Waals surface area contributed by atoms with Crippen LogP contribution in [0, 0.1) is 0 Å². The maximum absolute atomic E-state index is 11.8. The Morgan fingerprint density at radius 3 is 2.76 bits per heavy atom. The van der Waals surface area contributed by atoms with Gasteiger partial charge < -0.3 is 10.5 Å². The highest BCUT2D eigenvalue weighted by molar-refractivity contribution is 5.93. The van der Waals surface area contributed by atoms with Gasteiger partial charge in [-0.1, -0.05) is 6.07 Å². The van der Waals surface area contributed by atoms with E-state index in [9.17, 15) is 4.79 Å². The number of hydrazine groups is 1. The summed E-state index contributed by atoms with van der Waals surface area (Å²) >= 11 is 0. The molecule has 2 rings (SSSR count). The predicted molar refractivity (Wildman–Crippen MR) is 77.5 cm³/mol. The van der Waals surface area contributed by atoms with Gasteiger partial charge in [-0.3, -0.25) is 20.6 Å². The van der Waals surface area contributed by atoms with E-state index in [0.717, 1.165) is 0 Å². The monoisotopic (exact) mass is 288 g/mol. The number of amides is 1. The summed E-state index contributed by atoms with van der Waals surface area (Å²) in [5.74, 6) is 0.111. The largest absolute Gasteiger partial charge is 0.473 e. The van der Waals surface area contributed by atoms with Gasteiger partial charge in [-0.15, -0.1) is 0 Å². The normalized spacial score (nSPS) is 10.2. The van der Waals surface area contributed by atoms with Crippen molar-refractivity contribution in [3.05, 3.63) is 36.4 Å². The number of anilines is 2. The van der Waals surface area contributed by atoms with Crippen LogP contribution in [-0.4, -0.2) is 27.0 Å². The Morgan fingerprint density at radius 1 is 1.29 bits per heavy atom. The SMILES string of the molecule is CC(C)Oc1ncnc(NNC(=O)c2ccccn2)c1N. The summed E-state index contributed by atoms with van der Waals surface area (Å²) in [6.07, 6.45) is 2.75. The van der Waals surface area contributed by atoms with E-state index in [1.54, 1.807) is 18.2 Å². The molecule has 0 saturated heterocycles. The second-order valence-electron chi connectivity index (χ2n) is 4.40. The van der Waals surface area contributed by atoms with Crippen molar-refractivity contribution in [3.63, 3.8) is 0 Å². The topological polar surface area (TPSA) is 115 Å². The Bertz CT molecular complexity index is 617. The highest BCUT2D eigenvalue weighted by Crippen LogP contribution is 2.24. The van der Waals surface area contributed by atoms with Crippen LogP contribution in [-0.2, 0) is 0 Å². The number of aromatic nitrogens is 3. The van der Waals surface area contributed by atoms with Crippen molar-refractivity contribution in [1.82, 2.24) is 20.4 Å². The van der Waals surface area contributed by atoms with E-state index >= 15 is 0 Å². The van der Waals surface area contributed by atoms with E-state index in [0.29, 0.717) is 0 Å². The van der Waals surface area contributed by atoms with Gasteiger partial charge in [-0.05, 0) is 26.0 Å². The lowest BCUT2D eigenvalue weighted by Gasteiger charge is -2.13. The molecule has 2 heterocycles. The van der Waals surface area contributed by atoms with E-state index in [4.69, 9.17) is 10.5 Å². The van der Waals surface area contributed by atoms with Crippen molar-refractivity contribution < 1.29 is 9.53 Å². The van der Waals surface area contributed by atoms with Crippen LogP contribution in [0.5, 0.6) is 5.88 Å². The number of rotatable bonds is 5. The Balaban J connectivity index is 2.05. The average Bonchev–Trinajstić information content (AvgIpc) is 2.48. The molecule has 0 atom stereocenters. The molecule has 0 aliphatic heterocycles. The van der Waals surface area contributed by atoms with Crippen LogP contribution >= 0.6 is 0 Å². The molecule has 8 nitrogen and oxygen atoms in total. The van der Waals surface area contributed by atoms with Gasteiger partial charge >= 0.3 is 0 Å². The highest BCUT2D eigenvalue weighted by Gasteiger charge is 2.12. The first-order valence-corrected chi connectivity index (χ1v) is 6.32. The zero-order chi connectivity index (χ0) is 15.2. The lowest BCUT2D eigenvalue weighted by molar-refractivity contribution is 0.0957. The Morgan fingerprint density at radius 2 is 2.10 bits per heavy atom. The van der Waals surface area contributed by atoms with E-state index < -0.39 is 5.91 Å². The Kier molecular flexibility index (Phi) is 4.50. The summed E-state index contributed by atoms with van der Waals surface area (Å²) in [6, 6.07) is 5.03. The minimum absolute atomic E-state index is 0.0711. The summed E-state index contributed by atoms with van der Waals surface area (Å²) in [7, 11) is 0. The molecule has 0 radical (unpaired) electrons. The van der Waals surface area contributed by atoms with Crippen LogP contribution in [0.15, 0.2) is 30.7 Å². The minimum atomic E-state index is -0.403. The molecule has 1 amide bonds. The number of carbonyl (C=O) groups excluding carboxylic acids is 1. The second-order valence-corrected chi connectivity index (χ2v) is 4.40.